The Labute approximate surface area is 115 Å². The first-order valence-electron chi connectivity index (χ1n) is 7.27. The van der Waals surface area contributed by atoms with E-state index in [-0.39, 0.29) is 5.91 Å². The van der Waals surface area contributed by atoms with Crippen LogP contribution < -0.4 is 10.6 Å². The number of aryl methyl sites for hydroxylation is 1. The highest BCUT2D eigenvalue weighted by Gasteiger charge is 2.15. The molecule has 1 amide bonds. The molecule has 0 bridgehead atoms. The third-order valence-electron chi connectivity index (χ3n) is 4.07. The zero-order chi connectivity index (χ0) is 13.7. The maximum atomic E-state index is 12.0. The van der Waals surface area contributed by atoms with Crippen molar-refractivity contribution < 1.29 is 4.79 Å². The van der Waals surface area contributed by atoms with E-state index in [1.807, 2.05) is 32.2 Å². The topological polar surface area (TPSA) is 41.1 Å². The number of benzene rings is 1. The number of hydrogen-bond acceptors (Lipinski definition) is 2. The van der Waals surface area contributed by atoms with Gasteiger partial charge in [-0.1, -0.05) is 25.7 Å². The molecule has 0 spiro atoms. The van der Waals surface area contributed by atoms with Crippen molar-refractivity contribution >= 4 is 11.6 Å². The van der Waals surface area contributed by atoms with Gasteiger partial charge in [0.05, 0.1) is 0 Å². The second-order valence-electron chi connectivity index (χ2n) is 5.47. The van der Waals surface area contributed by atoms with Crippen LogP contribution in [0.15, 0.2) is 18.2 Å². The number of amides is 1. The van der Waals surface area contributed by atoms with Crippen molar-refractivity contribution in [2.24, 2.45) is 5.92 Å². The van der Waals surface area contributed by atoms with Gasteiger partial charge in [-0.15, -0.1) is 0 Å². The number of rotatable bonds is 5. The summed E-state index contributed by atoms with van der Waals surface area (Å²) in [5, 5.41) is 6.14. The number of anilines is 1. The largest absolute Gasteiger partial charge is 0.388 e. The molecular weight excluding hydrogens is 236 g/mol. The molecule has 104 valence electrons. The van der Waals surface area contributed by atoms with Crippen molar-refractivity contribution in [2.75, 3.05) is 18.9 Å². The average Bonchev–Trinajstić information content (AvgIpc) is 2.91. The second-order valence-corrected chi connectivity index (χ2v) is 5.47. The summed E-state index contributed by atoms with van der Waals surface area (Å²) < 4.78 is 0. The zero-order valence-corrected chi connectivity index (χ0v) is 12.0. The van der Waals surface area contributed by atoms with Crippen molar-refractivity contribution in [2.45, 2.75) is 39.0 Å². The zero-order valence-electron chi connectivity index (χ0n) is 12.0. The third-order valence-corrected chi connectivity index (χ3v) is 4.07. The molecule has 3 nitrogen and oxygen atoms in total. The SMILES string of the molecule is CNc1ccc(C(=O)NCCC2CCCC2)cc1C. The van der Waals surface area contributed by atoms with E-state index in [2.05, 4.69) is 10.6 Å². The average molecular weight is 260 g/mol. The first kappa shape index (κ1) is 13.9. The van der Waals surface area contributed by atoms with Gasteiger partial charge in [-0.2, -0.15) is 0 Å². The normalized spacial score (nSPS) is 15.5. The maximum Gasteiger partial charge on any atom is 0.251 e. The molecule has 2 N–H and O–H groups in total. The summed E-state index contributed by atoms with van der Waals surface area (Å²) in [4.78, 5) is 12.0. The lowest BCUT2D eigenvalue weighted by Gasteiger charge is -2.11. The maximum absolute atomic E-state index is 12.0. The fraction of sp³-hybridized carbons (Fsp3) is 0.562. The van der Waals surface area contributed by atoms with Gasteiger partial charge < -0.3 is 10.6 Å². The molecule has 0 heterocycles. The van der Waals surface area contributed by atoms with Gasteiger partial charge in [-0.3, -0.25) is 4.79 Å². The molecule has 2 rings (SSSR count). The molecule has 1 fully saturated rings. The first-order chi connectivity index (χ1) is 9.20. The van der Waals surface area contributed by atoms with Gasteiger partial charge >= 0.3 is 0 Å². The van der Waals surface area contributed by atoms with Gasteiger partial charge in [0.15, 0.2) is 0 Å². The van der Waals surface area contributed by atoms with Crippen molar-refractivity contribution in [3.05, 3.63) is 29.3 Å². The highest BCUT2D eigenvalue weighted by molar-refractivity contribution is 5.94. The second kappa shape index (κ2) is 6.60. The van der Waals surface area contributed by atoms with E-state index in [1.54, 1.807) is 0 Å². The lowest BCUT2D eigenvalue weighted by atomic mass is 10.0. The lowest BCUT2D eigenvalue weighted by Crippen LogP contribution is -2.25. The number of carbonyl (C=O) groups is 1. The molecule has 1 aliphatic rings. The summed E-state index contributed by atoms with van der Waals surface area (Å²) in [6, 6.07) is 5.78. The van der Waals surface area contributed by atoms with Gasteiger partial charge in [-0.05, 0) is 43.0 Å². The standard InChI is InChI=1S/C16H24N2O/c1-12-11-14(7-8-15(12)17-2)16(19)18-10-9-13-5-3-4-6-13/h7-8,11,13,17H,3-6,9-10H2,1-2H3,(H,18,19). The predicted octanol–water partition coefficient (Wildman–Crippen LogP) is 3.35. The van der Waals surface area contributed by atoms with Crippen LogP contribution in [0.2, 0.25) is 0 Å². The van der Waals surface area contributed by atoms with E-state index < -0.39 is 0 Å². The van der Waals surface area contributed by atoms with Crippen molar-refractivity contribution in [3.63, 3.8) is 0 Å². The Morgan fingerprint density at radius 1 is 1.32 bits per heavy atom. The van der Waals surface area contributed by atoms with E-state index >= 15 is 0 Å². The Hall–Kier alpha value is -1.51. The van der Waals surface area contributed by atoms with E-state index in [4.69, 9.17) is 0 Å². The minimum Gasteiger partial charge on any atom is -0.388 e. The monoisotopic (exact) mass is 260 g/mol. The third kappa shape index (κ3) is 3.72. The van der Waals surface area contributed by atoms with Crippen LogP contribution >= 0.6 is 0 Å². The van der Waals surface area contributed by atoms with Crippen molar-refractivity contribution in [1.29, 1.82) is 0 Å². The summed E-state index contributed by atoms with van der Waals surface area (Å²) in [5.41, 5.74) is 2.93. The fourth-order valence-corrected chi connectivity index (χ4v) is 2.88. The quantitative estimate of drug-likeness (QED) is 0.852. The van der Waals surface area contributed by atoms with Crippen molar-refractivity contribution in [1.82, 2.24) is 5.32 Å². The Balaban J connectivity index is 1.83. The number of carbonyl (C=O) groups excluding carboxylic acids is 1. The number of hydrogen-bond donors (Lipinski definition) is 2. The van der Waals surface area contributed by atoms with Crippen LogP contribution in [0.3, 0.4) is 0 Å². The highest BCUT2D eigenvalue weighted by atomic mass is 16.1. The predicted molar refractivity (Wildman–Crippen MR) is 79.6 cm³/mol. The number of nitrogens with one attached hydrogen (secondary N) is 2. The van der Waals surface area contributed by atoms with Gasteiger partial charge in [0, 0.05) is 24.8 Å². The molecule has 1 aliphatic carbocycles. The van der Waals surface area contributed by atoms with Crippen LogP contribution in [0.25, 0.3) is 0 Å². The van der Waals surface area contributed by atoms with E-state index in [0.717, 1.165) is 35.7 Å². The summed E-state index contributed by atoms with van der Waals surface area (Å²) >= 11 is 0. The summed E-state index contributed by atoms with van der Waals surface area (Å²) in [5.74, 6) is 0.873. The molecule has 1 saturated carbocycles. The Morgan fingerprint density at radius 2 is 2.05 bits per heavy atom. The lowest BCUT2D eigenvalue weighted by molar-refractivity contribution is 0.0951. The summed E-state index contributed by atoms with van der Waals surface area (Å²) in [6.45, 7) is 2.82. The van der Waals surface area contributed by atoms with E-state index in [0.29, 0.717) is 0 Å². The van der Waals surface area contributed by atoms with Crippen LogP contribution in [0.5, 0.6) is 0 Å². The molecule has 1 aromatic rings. The highest BCUT2D eigenvalue weighted by Crippen LogP contribution is 2.26. The van der Waals surface area contributed by atoms with Gasteiger partial charge in [0.25, 0.3) is 5.91 Å². The van der Waals surface area contributed by atoms with E-state index in [1.165, 1.54) is 25.7 Å². The van der Waals surface area contributed by atoms with Crippen LogP contribution in [-0.4, -0.2) is 19.5 Å². The van der Waals surface area contributed by atoms with Crippen LogP contribution in [-0.2, 0) is 0 Å². The molecule has 3 heteroatoms. The van der Waals surface area contributed by atoms with Gasteiger partial charge in [0.2, 0.25) is 0 Å². The molecule has 0 aliphatic heterocycles. The molecule has 0 aromatic heterocycles. The molecule has 0 unspecified atom stereocenters. The molecule has 0 atom stereocenters. The van der Waals surface area contributed by atoms with E-state index in [9.17, 15) is 4.79 Å². The summed E-state index contributed by atoms with van der Waals surface area (Å²) in [6.07, 6.45) is 6.53. The van der Waals surface area contributed by atoms with Crippen LogP contribution in [0.4, 0.5) is 5.69 Å². The van der Waals surface area contributed by atoms with Gasteiger partial charge in [0.1, 0.15) is 0 Å². The Morgan fingerprint density at radius 3 is 2.68 bits per heavy atom. The molecule has 0 saturated heterocycles. The Bertz CT molecular complexity index is 436. The smallest absolute Gasteiger partial charge is 0.251 e. The van der Waals surface area contributed by atoms with Crippen LogP contribution in [0, 0.1) is 12.8 Å². The minimum absolute atomic E-state index is 0.0451. The minimum atomic E-state index is 0.0451. The summed E-state index contributed by atoms with van der Waals surface area (Å²) in [7, 11) is 1.89. The fourth-order valence-electron chi connectivity index (χ4n) is 2.88. The van der Waals surface area contributed by atoms with Crippen LogP contribution in [0.1, 0.15) is 48.0 Å². The molecular formula is C16H24N2O. The van der Waals surface area contributed by atoms with Gasteiger partial charge in [-0.25, -0.2) is 0 Å². The first-order valence-corrected chi connectivity index (χ1v) is 7.27. The molecule has 19 heavy (non-hydrogen) atoms. The Kier molecular flexibility index (Phi) is 4.83. The van der Waals surface area contributed by atoms with Crippen molar-refractivity contribution in [3.8, 4) is 0 Å². The molecule has 1 aromatic carbocycles. The molecule has 0 radical (unpaired) electrons.